The van der Waals surface area contributed by atoms with Crippen LogP contribution in [0.1, 0.15) is 13.8 Å². The molecule has 78 valence electrons. The SMILES string of the molecule is C\C=C(/N=C\C(N)=N/C)C(=O)OCC. The molecule has 0 spiro atoms. The lowest BCUT2D eigenvalue weighted by Crippen LogP contribution is -2.14. The summed E-state index contributed by atoms with van der Waals surface area (Å²) in [5.41, 5.74) is 5.59. The molecule has 0 aromatic rings. The van der Waals surface area contributed by atoms with E-state index >= 15 is 0 Å². The summed E-state index contributed by atoms with van der Waals surface area (Å²) in [7, 11) is 1.54. The van der Waals surface area contributed by atoms with Gasteiger partial charge in [-0.1, -0.05) is 6.08 Å². The zero-order valence-corrected chi connectivity index (χ0v) is 8.65. The van der Waals surface area contributed by atoms with Gasteiger partial charge in [0, 0.05) is 7.05 Å². The van der Waals surface area contributed by atoms with Crippen molar-refractivity contribution in [3.63, 3.8) is 0 Å². The van der Waals surface area contributed by atoms with E-state index in [1.54, 1.807) is 27.0 Å². The number of esters is 1. The zero-order chi connectivity index (χ0) is 11.0. The highest BCUT2D eigenvalue weighted by Crippen LogP contribution is 1.98. The van der Waals surface area contributed by atoms with Gasteiger partial charge in [-0.2, -0.15) is 0 Å². The lowest BCUT2D eigenvalue weighted by molar-refractivity contribution is -0.138. The summed E-state index contributed by atoms with van der Waals surface area (Å²) in [6.07, 6.45) is 2.86. The molecular weight excluding hydrogens is 182 g/mol. The van der Waals surface area contributed by atoms with Crippen LogP contribution in [-0.2, 0) is 9.53 Å². The van der Waals surface area contributed by atoms with Crippen LogP contribution in [-0.4, -0.2) is 31.7 Å². The average Bonchev–Trinajstić information content (AvgIpc) is 2.18. The van der Waals surface area contributed by atoms with Crippen molar-refractivity contribution in [3.05, 3.63) is 11.8 Å². The second-order valence-electron chi connectivity index (χ2n) is 2.30. The number of hydrogen-bond acceptors (Lipinski definition) is 4. The molecule has 0 bridgehead atoms. The molecule has 0 fully saturated rings. The number of allylic oxidation sites excluding steroid dienone is 1. The first-order valence-electron chi connectivity index (χ1n) is 4.25. The molecule has 0 saturated carbocycles. The van der Waals surface area contributed by atoms with Gasteiger partial charge in [0.15, 0.2) is 0 Å². The quantitative estimate of drug-likeness (QED) is 0.309. The van der Waals surface area contributed by atoms with E-state index in [9.17, 15) is 4.79 Å². The highest BCUT2D eigenvalue weighted by atomic mass is 16.5. The lowest BCUT2D eigenvalue weighted by atomic mass is 10.4. The number of carbonyl (C=O) groups excluding carboxylic acids is 1. The van der Waals surface area contributed by atoms with Crippen LogP contribution in [0.15, 0.2) is 21.8 Å². The van der Waals surface area contributed by atoms with Crippen molar-refractivity contribution in [1.82, 2.24) is 0 Å². The molecule has 0 aliphatic carbocycles. The third kappa shape index (κ3) is 4.39. The maximum Gasteiger partial charge on any atom is 0.356 e. The number of rotatable bonds is 4. The Balaban J connectivity index is 4.46. The largest absolute Gasteiger partial charge is 0.461 e. The Morgan fingerprint density at radius 3 is 2.64 bits per heavy atom. The Kier molecular flexibility index (Phi) is 6.02. The molecule has 5 heteroatoms. The first-order chi connectivity index (χ1) is 6.65. The highest BCUT2D eigenvalue weighted by Gasteiger charge is 2.06. The summed E-state index contributed by atoms with van der Waals surface area (Å²) in [6.45, 7) is 3.75. The van der Waals surface area contributed by atoms with E-state index in [0.717, 1.165) is 0 Å². The van der Waals surface area contributed by atoms with E-state index in [-0.39, 0.29) is 11.5 Å². The highest BCUT2D eigenvalue weighted by molar-refractivity contribution is 6.29. The van der Waals surface area contributed by atoms with Crippen LogP contribution in [0.4, 0.5) is 0 Å². The van der Waals surface area contributed by atoms with Crippen LogP contribution in [0.5, 0.6) is 0 Å². The Labute approximate surface area is 83.4 Å². The smallest absolute Gasteiger partial charge is 0.356 e. The maximum atomic E-state index is 11.2. The minimum atomic E-state index is -0.463. The topological polar surface area (TPSA) is 77.0 Å². The number of aliphatic imine (C=N–C) groups is 2. The van der Waals surface area contributed by atoms with Gasteiger partial charge >= 0.3 is 5.97 Å². The maximum absolute atomic E-state index is 11.2. The molecule has 14 heavy (non-hydrogen) atoms. The predicted octanol–water partition coefficient (Wildman–Crippen LogP) is 0.511. The Morgan fingerprint density at radius 1 is 1.57 bits per heavy atom. The van der Waals surface area contributed by atoms with Crippen molar-refractivity contribution in [2.24, 2.45) is 15.7 Å². The summed E-state index contributed by atoms with van der Waals surface area (Å²) < 4.78 is 4.76. The van der Waals surface area contributed by atoms with Gasteiger partial charge in [0.25, 0.3) is 0 Å². The summed E-state index contributed by atoms with van der Waals surface area (Å²) >= 11 is 0. The molecule has 0 aromatic heterocycles. The van der Waals surface area contributed by atoms with Gasteiger partial charge in [0.05, 0.1) is 12.8 Å². The van der Waals surface area contributed by atoms with Gasteiger partial charge in [-0.05, 0) is 13.8 Å². The fraction of sp³-hybridized carbons (Fsp3) is 0.444. The molecule has 0 radical (unpaired) electrons. The van der Waals surface area contributed by atoms with Crippen LogP contribution < -0.4 is 5.73 Å². The second kappa shape index (κ2) is 6.82. The fourth-order valence-corrected chi connectivity index (χ4v) is 0.644. The average molecular weight is 197 g/mol. The van der Waals surface area contributed by atoms with Crippen molar-refractivity contribution in [2.75, 3.05) is 13.7 Å². The predicted molar refractivity (Wildman–Crippen MR) is 56.4 cm³/mol. The van der Waals surface area contributed by atoms with E-state index in [4.69, 9.17) is 10.5 Å². The first kappa shape index (κ1) is 12.3. The van der Waals surface area contributed by atoms with Gasteiger partial charge in [-0.15, -0.1) is 0 Å². The van der Waals surface area contributed by atoms with Gasteiger partial charge in [0.1, 0.15) is 11.5 Å². The summed E-state index contributed by atoms with van der Waals surface area (Å²) in [5.74, 6) is -0.205. The van der Waals surface area contributed by atoms with Gasteiger partial charge < -0.3 is 10.5 Å². The van der Waals surface area contributed by atoms with Crippen molar-refractivity contribution in [2.45, 2.75) is 13.8 Å². The zero-order valence-electron chi connectivity index (χ0n) is 8.65. The number of ether oxygens (including phenoxy) is 1. The number of nitrogens with two attached hydrogens (primary N) is 1. The van der Waals surface area contributed by atoms with E-state index in [1.165, 1.54) is 6.21 Å². The Hall–Kier alpha value is -1.65. The van der Waals surface area contributed by atoms with E-state index in [1.807, 2.05) is 0 Å². The van der Waals surface area contributed by atoms with Crippen LogP contribution in [0, 0.1) is 0 Å². The van der Waals surface area contributed by atoms with Crippen LogP contribution >= 0.6 is 0 Å². The second-order valence-corrected chi connectivity index (χ2v) is 2.30. The molecule has 5 nitrogen and oxygen atoms in total. The molecule has 0 aliphatic heterocycles. The molecule has 0 atom stereocenters. The minimum absolute atomic E-state index is 0.221. The number of amidine groups is 1. The van der Waals surface area contributed by atoms with E-state index in [2.05, 4.69) is 9.98 Å². The molecule has 0 saturated heterocycles. The molecule has 0 amide bonds. The number of nitrogens with zero attached hydrogens (tertiary/aromatic N) is 2. The standard InChI is InChI=1S/C9H15N3O2/c1-4-7(9(13)14-5-2)12-6-8(10)11-3/h4,6H,5H2,1-3H3,(H2,10,11)/b7-4-,12-6-. The molecule has 2 N–H and O–H groups in total. The van der Waals surface area contributed by atoms with Crippen LogP contribution in [0.3, 0.4) is 0 Å². The molecule has 0 unspecified atom stereocenters. The monoisotopic (exact) mass is 197 g/mol. The van der Waals surface area contributed by atoms with Crippen molar-refractivity contribution >= 4 is 18.0 Å². The third-order valence-corrected chi connectivity index (χ3v) is 1.35. The Bertz CT molecular complexity index is 280. The first-order valence-corrected chi connectivity index (χ1v) is 4.25. The van der Waals surface area contributed by atoms with E-state index < -0.39 is 5.97 Å². The lowest BCUT2D eigenvalue weighted by Gasteiger charge is -2.00. The summed E-state index contributed by atoms with van der Waals surface area (Å²) in [4.78, 5) is 18.7. The summed E-state index contributed by atoms with van der Waals surface area (Å²) in [5, 5.41) is 0. The Morgan fingerprint density at radius 2 is 2.21 bits per heavy atom. The molecular formula is C9H15N3O2. The summed E-state index contributed by atoms with van der Waals surface area (Å²) in [6, 6.07) is 0. The van der Waals surface area contributed by atoms with E-state index in [0.29, 0.717) is 6.61 Å². The van der Waals surface area contributed by atoms with Gasteiger partial charge in [-0.3, -0.25) is 4.99 Å². The number of hydrogen-bond donors (Lipinski definition) is 1. The van der Waals surface area contributed by atoms with Crippen LogP contribution in [0.25, 0.3) is 0 Å². The van der Waals surface area contributed by atoms with Gasteiger partial charge in [-0.25, -0.2) is 9.79 Å². The molecule has 0 aliphatic rings. The van der Waals surface area contributed by atoms with Crippen molar-refractivity contribution < 1.29 is 9.53 Å². The van der Waals surface area contributed by atoms with Crippen molar-refractivity contribution in [3.8, 4) is 0 Å². The molecule has 0 aromatic carbocycles. The number of carbonyl (C=O) groups is 1. The normalized spacial score (nSPS) is 13.4. The van der Waals surface area contributed by atoms with Crippen molar-refractivity contribution in [1.29, 1.82) is 0 Å². The molecule has 0 rings (SSSR count). The minimum Gasteiger partial charge on any atom is -0.461 e. The fourth-order valence-electron chi connectivity index (χ4n) is 0.644. The third-order valence-electron chi connectivity index (χ3n) is 1.35. The van der Waals surface area contributed by atoms with Gasteiger partial charge in [0.2, 0.25) is 0 Å². The van der Waals surface area contributed by atoms with Crippen LogP contribution in [0.2, 0.25) is 0 Å². The molecule has 0 heterocycles.